The van der Waals surface area contributed by atoms with Crippen LogP contribution >= 0.6 is 0 Å². The van der Waals surface area contributed by atoms with Crippen molar-refractivity contribution in [3.05, 3.63) is 70.9 Å². The Morgan fingerprint density at radius 2 is 1.90 bits per heavy atom. The summed E-state index contributed by atoms with van der Waals surface area (Å²) in [5.41, 5.74) is 4.77. The molecule has 0 spiro atoms. The summed E-state index contributed by atoms with van der Waals surface area (Å²) in [4.78, 5) is 37.0. The molecule has 0 aromatic heterocycles. The SMILES string of the molecule is C=CCc1cc(/C=N\NC(=O)COc2ccc([C@@H]3NC(=O)NC(C)=C3C(=O)OCC)cc2OC)cc(OC)c1O. The Labute approximate surface area is 231 Å². The summed E-state index contributed by atoms with van der Waals surface area (Å²) in [6.45, 7) is 6.79. The number of carbonyl (C=O) groups excluding carboxylic acids is 3. The minimum absolute atomic E-state index is 0.0164. The van der Waals surface area contributed by atoms with Gasteiger partial charge in [0.25, 0.3) is 5.91 Å². The van der Waals surface area contributed by atoms with Crippen molar-refractivity contribution in [3.63, 3.8) is 0 Å². The molecule has 40 heavy (non-hydrogen) atoms. The molecule has 0 unspecified atom stereocenters. The molecule has 0 fully saturated rings. The van der Waals surface area contributed by atoms with E-state index in [9.17, 15) is 19.5 Å². The molecule has 1 aliphatic heterocycles. The van der Waals surface area contributed by atoms with E-state index in [-0.39, 0.29) is 41.8 Å². The number of phenols is 1. The lowest BCUT2D eigenvalue weighted by Crippen LogP contribution is -2.45. The number of hydrogen-bond acceptors (Lipinski definition) is 9. The summed E-state index contributed by atoms with van der Waals surface area (Å²) in [7, 11) is 2.87. The van der Waals surface area contributed by atoms with E-state index < -0.39 is 23.9 Å². The Hall–Kier alpha value is -5.00. The van der Waals surface area contributed by atoms with Gasteiger partial charge in [-0.2, -0.15) is 5.10 Å². The van der Waals surface area contributed by atoms with E-state index in [1.807, 2.05) is 0 Å². The maximum Gasteiger partial charge on any atom is 0.338 e. The van der Waals surface area contributed by atoms with Gasteiger partial charge in [-0.25, -0.2) is 15.0 Å². The van der Waals surface area contributed by atoms with Crippen LogP contribution in [-0.4, -0.2) is 56.7 Å². The highest BCUT2D eigenvalue weighted by Gasteiger charge is 2.32. The van der Waals surface area contributed by atoms with E-state index in [0.29, 0.717) is 28.8 Å². The van der Waals surface area contributed by atoms with Gasteiger partial charge in [-0.3, -0.25) is 4.79 Å². The van der Waals surface area contributed by atoms with Gasteiger partial charge in [0.1, 0.15) is 0 Å². The lowest BCUT2D eigenvalue weighted by Gasteiger charge is -2.28. The molecule has 4 N–H and O–H groups in total. The number of esters is 1. The Bertz CT molecular complexity index is 1350. The lowest BCUT2D eigenvalue weighted by molar-refractivity contribution is -0.139. The summed E-state index contributed by atoms with van der Waals surface area (Å²) < 4.78 is 21.4. The number of hydrazone groups is 1. The molecule has 0 saturated heterocycles. The highest BCUT2D eigenvalue weighted by atomic mass is 16.5. The standard InChI is InChI=1S/C28H32N4O8/c1-6-8-19-11-17(12-22(38-5)26(19)34)14-29-32-23(33)15-40-20-10-9-18(13-21(20)37-4)25-24(27(35)39-7-2)16(3)30-28(36)31-25/h6,9-14,25,34H,1,7-8,15H2,2-5H3,(H,32,33)(H2,30,31,36)/b29-14-/t25-/m0/s1. The third kappa shape index (κ3) is 7.10. The predicted molar refractivity (Wildman–Crippen MR) is 147 cm³/mol. The Morgan fingerprint density at radius 3 is 2.58 bits per heavy atom. The minimum Gasteiger partial charge on any atom is -0.504 e. The second-order valence-corrected chi connectivity index (χ2v) is 8.51. The molecular weight excluding hydrogens is 520 g/mol. The Balaban J connectivity index is 1.69. The molecule has 3 rings (SSSR count). The van der Waals surface area contributed by atoms with Gasteiger partial charge in [0.2, 0.25) is 0 Å². The number of aromatic hydroxyl groups is 1. The summed E-state index contributed by atoms with van der Waals surface area (Å²) in [6.07, 6.45) is 3.48. The van der Waals surface area contributed by atoms with Crippen molar-refractivity contribution in [2.75, 3.05) is 27.4 Å². The van der Waals surface area contributed by atoms with Gasteiger partial charge in [0.05, 0.1) is 38.7 Å². The van der Waals surface area contributed by atoms with Crippen LogP contribution in [0.3, 0.4) is 0 Å². The molecule has 0 aliphatic carbocycles. The number of phenolic OH excluding ortho intramolecular Hbond substituents is 1. The molecule has 0 saturated carbocycles. The normalized spacial score (nSPS) is 14.7. The largest absolute Gasteiger partial charge is 0.504 e. The quantitative estimate of drug-likeness (QED) is 0.136. The molecule has 1 heterocycles. The second kappa shape index (κ2) is 13.7. The zero-order chi connectivity index (χ0) is 29.2. The van der Waals surface area contributed by atoms with Gasteiger partial charge >= 0.3 is 12.0 Å². The number of methoxy groups -OCH3 is 2. The smallest absolute Gasteiger partial charge is 0.338 e. The molecule has 0 radical (unpaired) electrons. The number of amides is 3. The second-order valence-electron chi connectivity index (χ2n) is 8.51. The average molecular weight is 553 g/mol. The van der Waals surface area contributed by atoms with Crippen LogP contribution < -0.4 is 30.3 Å². The van der Waals surface area contributed by atoms with Crippen molar-refractivity contribution in [2.45, 2.75) is 26.3 Å². The highest BCUT2D eigenvalue weighted by molar-refractivity contribution is 5.95. The molecule has 212 valence electrons. The topological polar surface area (TPSA) is 157 Å². The highest BCUT2D eigenvalue weighted by Crippen LogP contribution is 2.35. The molecule has 1 aliphatic rings. The van der Waals surface area contributed by atoms with Crippen LogP contribution in [0.25, 0.3) is 0 Å². The van der Waals surface area contributed by atoms with Crippen molar-refractivity contribution < 1.29 is 38.4 Å². The first-order valence-electron chi connectivity index (χ1n) is 12.3. The fraction of sp³-hybridized carbons (Fsp3) is 0.286. The summed E-state index contributed by atoms with van der Waals surface area (Å²) in [5.74, 6) is -0.252. The van der Waals surface area contributed by atoms with Crippen molar-refractivity contribution in [3.8, 4) is 23.0 Å². The number of nitrogens with one attached hydrogen (secondary N) is 3. The molecule has 3 amide bonds. The first-order chi connectivity index (χ1) is 19.2. The minimum atomic E-state index is -0.779. The summed E-state index contributed by atoms with van der Waals surface area (Å²) >= 11 is 0. The van der Waals surface area contributed by atoms with Crippen LogP contribution in [0, 0.1) is 0 Å². The fourth-order valence-corrected chi connectivity index (χ4v) is 3.99. The van der Waals surface area contributed by atoms with E-state index in [2.05, 4.69) is 27.7 Å². The zero-order valence-electron chi connectivity index (χ0n) is 22.7. The number of hydrogen-bond donors (Lipinski definition) is 4. The molecule has 2 aromatic rings. The third-order valence-corrected chi connectivity index (χ3v) is 5.81. The maximum absolute atomic E-state index is 12.6. The van der Waals surface area contributed by atoms with E-state index >= 15 is 0 Å². The molecule has 1 atom stereocenters. The van der Waals surface area contributed by atoms with Gasteiger partial charge in [0.15, 0.2) is 29.6 Å². The van der Waals surface area contributed by atoms with Crippen LogP contribution in [0.1, 0.15) is 36.6 Å². The molecule has 2 aromatic carbocycles. The number of nitrogens with zero attached hydrogens (tertiary/aromatic N) is 1. The number of carbonyl (C=O) groups is 3. The first-order valence-corrected chi connectivity index (χ1v) is 12.3. The molecular formula is C28H32N4O8. The summed E-state index contributed by atoms with van der Waals surface area (Å²) in [6, 6.07) is 6.86. The Morgan fingerprint density at radius 1 is 1.15 bits per heavy atom. The van der Waals surface area contributed by atoms with Crippen LogP contribution in [0.15, 0.2) is 59.4 Å². The van der Waals surface area contributed by atoms with E-state index in [1.165, 1.54) is 20.4 Å². The van der Waals surface area contributed by atoms with Crippen LogP contribution in [0.4, 0.5) is 4.79 Å². The van der Waals surface area contributed by atoms with E-state index in [4.69, 9.17) is 18.9 Å². The number of urea groups is 1. The van der Waals surface area contributed by atoms with Gasteiger partial charge in [-0.1, -0.05) is 12.1 Å². The number of rotatable bonds is 12. The van der Waals surface area contributed by atoms with Crippen LogP contribution in [0.2, 0.25) is 0 Å². The molecule has 12 nitrogen and oxygen atoms in total. The third-order valence-electron chi connectivity index (χ3n) is 5.81. The number of allylic oxidation sites excluding steroid dienone is 2. The van der Waals surface area contributed by atoms with E-state index in [1.54, 1.807) is 50.3 Å². The maximum atomic E-state index is 12.6. The first kappa shape index (κ1) is 29.6. The number of ether oxygens (including phenoxy) is 4. The van der Waals surface area contributed by atoms with Crippen LogP contribution in [-0.2, 0) is 20.7 Å². The molecule has 12 heteroatoms. The van der Waals surface area contributed by atoms with Crippen molar-refractivity contribution >= 4 is 24.1 Å². The monoisotopic (exact) mass is 552 g/mol. The van der Waals surface area contributed by atoms with E-state index in [0.717, 1.165) is 0 Å². The zero-order valence-corrected chi connectivity index (χ0v) is 22.7. The van der Waals surface area contributed by atoms with Gasteiger partial charge in [-0.05, 0) is 55.7 Å². The Kier molecular flexibility index (Phi) is 10.1. The van der Waals surface area contributed by atoms with Crippen molar-refractivity contribution in [1.82, 2.24) is 16.1 Å². The lowest BCUT2D eigenvalue weighted by atomic mass is 9.95. The molecule has 0 bridgehead atoms. The summed E-state index contributed by atoms with van der Waals surface area (Å²) in [5, 5.41) is 19.4. The van der Waals surface area contributed by atoms with Gasteiger partial charge in [-0.15, -0.1) is 6.58 Å². The van der Waals surface area contributed by atoms with Crippen LogP contribution in [0.5, 0.6) is 23.0 Å². The van der Waals surface area contributed by atoms with Crippen molar-refractivity contribution in [2.24, 2.45) is 5.10 Å². The predicted octanol–water partition coefficient (Wildman–Crippen LogP) is 2.86. The number of benzene rings is 2. The average Bonchev–Trinajstić information content (AvgIpc) is 2.93. The van der Waals surface area contributed by atoms with Crippen molar-refractivity contribution in [1.29, 1.82) is 0 Å². The fourth-order valence-electron chi connectivity index (χ4n) is 3.99. The van der Waals surface area contributed by atoms with Gasteiger partial charge in [0, 0.05) is 11.3 Å². The van der Waals surface area contributed by atoms with Gasteiger partial charge < -0.3 is 34.7 Å².